The summed E-state index contributed by atoms with van der Waals surface area (Å²) in [6, 6.07) is 7.25. The smallest absolute Gasteiger partial charge is 0.295 e. The molecule has 0 saturated heterocycles. The first-order valence-corrected chi connectivity index (χ1v) is 6.91. The number of hydrogen-bond acceptors (Lipinski definition) is 3. The monoisotopic (exact) mass is 282 g/mol. The molecule has 0 aliphatic heterocycles. The number of hydrazine groups is 1. The highest BCUT2D eigenvalue weighted by molar-refractivity contribution is 7.87. The summed E-state index contributed by atoms with van der Waals surface area (Å²) in [5.41, 5.74) is 3.34. The van der Waals surface area contributed by atoms with E-state index < -0.39 is 16.1 Å². The topological polar surface area (TPSA) is 94.3 Å². The summed E-state index contributed by atoms with van der Waals surface area (Å²) in [4.78, 5) is 16.8. The number of aromatic nitrogens is 1. The van der Waals surface area contributed by atoms with E-state index in [4.69, 9.17) is 0 Å². The van der Waals surface area contributed by atoms with Crippen LogP contribution in [0.1, 0.15) is 10.4 Å². The number of benzene rings is 1. The van der Waals surface area contributed by atoms with Crippen molar-refractivity contribution in [1.29, 1.82) is 0 Å². The van der Waals surface area contributed by atoms with Crippen LogP contribution >= 0.6 is 0 Å². The number of carbonyl (C=O) groups excluding carboxylic acids is 1. The minimum absolute atomic E-state index is 0.372. The zero-order valence-corrected chi connectivity index (χ0v) is 11.3. The third-order valence-electron chi connectivity index (χ3n) is 2.61. The molecule has 0 aliphatic carbocycles. The lowest BCUT2D eigenvalue weighted by atomic mass is 10.2. The summed E-state index contributed by atoms with van der Waals surface area (Å²) < 4.78 is 23.9. The molecule has 2 rings (SSSR count). The van der Waals surface area contributed by atoms with Crippen LogP contribution in [0, 0.1) is 0 Å². The van der Waals surface area contributed by atoms with Crippen LogP contribution < -0.4 is 10.3 Å². The predicted octanol–water partition coefficient (Wildman–Crippen LogP) is 0.209. The highest BCUT2D eigenvalue weighted by atomic mass is 32.2. The molecule has 2 aromatic rings. The van der Waals surface area contributed by atoms with Gasteiger partial charge in [0.25, 0.3) is 16.1 Å². The first-order chi connectivity index (χ1) is 8.92. The summed E-state index contributed by atoms with van der Waals surface area (Å²) in [7, 11) is -0.974. The third kappa shape index (κ3) is 2.75. The average molecular weight is 282 g/mol. The molecule has 0 saturated carbocycles. The Morgan fingerprint density at radius 2 is 1.95 bits per heavy atom. The Bertz CT molecular complexity index is 706. The first-order valence-electron chi connectivity index (χ1n) is 5.47. The third-order valence-corrected chi connectivity index (χ3v) is 3.93. The van der Waals surface area contributed by atoms with Crippen LogP contribution in [0.3, 0.4) is 0 Å². The number of nitrogens with one attached hydrogen (secondary N) is 3. The van der Waals surface area contributed by atoms with Crippen molar-refractivity contribution in [2.75, 3.05) is 14.1 Å². The number of rotatable bonds is 4. The van der Waals surface area contributed by atoms with Gasteiger partial charge in [0.05, 0.1) is 5.56 Å². The van der Waals surface area contributed by atoms with Crippen LogP contribution in [0.15, 0.2) is 30.5 Å². The van der Waals surface area contributed by atoms with Crippen molar-refractivity contribution in [3.63, 3.8) is 0 Å². The molecule has 19 heavy (non-hydrogen) atoms. The van der Waals surface area contributed by atoms with Gasteiger partial charge in [-0.1, -0.05) is 18.2 Å². The fourth-order valence-corrected chi connectivity index (χ4v) is 1.93. The molecular weight excluding hydrogens is 268 g/mol. The minimum atomic E-state index is -3.70. The molecule has 8 heteroatoms. The maximum absolute atomic E-state index is 11.9. The Hall–Kier alpha value is -1.90. The van der Waals surface area contributed by atoms with Crippen molar-refractivity contribution in [2.24, 2.45) is 0 Å². The normalized spacial score (nSPS) is 11.9. The molecule has 0 bridgehead atoms. The summed E-state index contributed by atoms with van der Waals surface area (Å²) in [6.07, 6.45) is 1.53. The van der Waals surface area contributed by atoms with Crippen LogP contribution in [0.4, 0.5) is 0 Å². The number of amides is 1. The Kier molecular flexibility index (Phi) is 3.56. The van der Waals surface area contributed by atoms with Gasteiger partial charge in [0.15, 0.2) is 0 Å². The maximum Gasteiger partial charge on any atom is 0.295 e. The van der Waals surface area contributed by atoms with Crippen LogP contribution in [0.2, 0.25) is 0 Å². The Morgan fingerprint density at radius 3 is 2.63 bits per heavy atom. The average Bonchev–Trinajstić information content (AvgIpc) is 2.79. The van der Waals surface area contributed by atoms with E-state index in [0.29, 0.717) is 5.56 Å². The number of hydrogen-bond donors (Lipinski definition) is 3. The van der Waals surface area contributed by atoms with Gasteiger partial charge in [0, 0.05) is 31.2 Å². The van der Waals surface area contributed by atoms with Crippen LogP contribution in [0.25, 0.3) is 10.9 Å². The molecule has 0 fully saturated rings. The van der Waals surface area contributed by atoms with E-state index in [0.717, 1.165) is 15.2 Å². The second-order valence-corrected chi connectivity index (χ2v) is 5.98. The quantitative estimate of drug-likeness (QED) is 0.700. The lowest BCUT2D eigenvalue weighted by molar-refractivity contribution is 0.0946. The number of H-pyrrole nitrogens is 1. The van der Waals surface area contributed by atoms with Crippen LogP contribution in [0.5, 0.6) is 0 Å². The Balaban J connectivity index is 2.17. The van der Waals surface area contributed by atoms with Crippen molar-refractivity contribution in [1.82, 2.24) is 19.5 Å². The highest BCUT2D eigenvalue weighted by Gasteiger charge is 2.16. The van der Waals surface area contributed by atoms with Crippen molar-refractivity contribution in [3.8, 4) is 0 Å². The molecule has 0 spiro atoms. The van der Waals surface area contributed by atoms with E-state index >= 15 is 0 Å². The van der Waals surface area contributed by atoms with Crippen LogP contribution in [-0.2, 0) is 10.2 Å². The van der Waals surface area contributed by atoms with Crippen LogP contribution in [-0.4, -0.2) is 37.7 Å². The Morgan fingerprint density at radius 1 is 1.26 bits per heavy atom. The number of carbonyl (C=O) groups is 1. The van der Waals surface area contributed by atoms with Gasteiger partial charge in [0.2, 0.25) is 0 Å². The maximum atomic E-state index is 11.9. The fourth-order valence-electron chi connectivity index (χ4n) is 1.53. The summed E-state index contributed by atoms with van der Waals surface area (Å²) >= 11 is 0. The van der Waals surface area contributed by atoms with Gasteiger partial charge >= 0.3 is 0 Å². The van der Waals surface area contributed by atoms with Gasteiger partial charge in [0.1, 0.15) is 0 Å². The van der Waals surface area contributed by atoms with E-state index in [-0.39, 0.29) is 0 Å². The van der Waals surface area contributed by atoms with E-state index in [9.17, 15) is 13.2 Å². The largest absolute Gasteiger partial charge is 0.360 e. The van der Waals surface area contributed by atoms with E-state index in [1.807, 2.05) is 17.0 Å². The van der Waals surface area contributed by atoms with Crippen molar-refractivity contribution in [2.45, 2.75) is 0 Å². The van der Waals surface area contributed by atoms with Gasteiger partial charge < -0.3 is 4.98 Å². The van der Waals surface area contributed by atoms with Gasteiger partial charge in [-0.05, 0) is 6.07 Å². The van der Waals surface area contributed by atoms with E-state index in [1.165, 1.54) is 20.3 Å². The van der Waals surface area contributed by atoms with Gasteiger partial charge in [-0.15, -0.1) is 4.83 Å². The number of nitrogens with zero attached hydrogens (tertiary/aromatic N) is 1. The predicted molar refractivity (Wildman–Crippen MR) is 71.5 cm³/mol. The SMILES string of the molecule is CN(C)S(=O)(=O)NNC(=O)c1c[nH]c2ccccc12. The highest BCUT2D eigenvalue weighted by Crippen LogP contribution is 2.17. The number of para-hydroxylation sites is 1. The van der Waals surface area contributed by atoms with Gasteiger partial charge in [-0.2, -0.15) is 12.7 Å². The van der Waals surface area contributed by atoms with E-state index in [2.05, 4.69) is 10.4 Å². The minimum Gasteiger partial charge on any atom is -0.360 e. The summed E-state index contributed by atoms with van der Waals surface area (Å²) in [6.45, 7) is 0. The lowest BCUT2D eigenvalue weighted by Gasteiger charge is -2.12. The molecule has 0 radical (unpaired) electrons. The van der Waals surface area contributed by atoms with Crippen molar-refractivity contribution >= 4 is 27.0 Å². The molecule has 3 N–H and O–H groups in total. The molecule has 0 atom stereocenters. The second-order valence-electron chi connectivity index (χ2n) is 4.09. The van der Waals surface area contributed by atoms with Gasteiger partial charge in [-0.25, -0.2) is 0 Å². The number of fused-ring (bicyclic) bond motifs is 1. The fraction of sp³-hybridized carbons (Fsp3) is 0.182. The first kappa shape index (κ1) is 13.5. The summed E-state index contributed by atoms with van der Waals surface area (Å²) in [5.74, 6) is -0.525. The molecule has 102 valence electrons. The second kappa shape index (κ2) is 5.00. The Labute approximate surface area is 110 Å². The molecule has 1 amide bonds. The summed E-state index contributed by atoms with van der Waals surface area (Å²) in [5, 5.41) is 0.726. The molecule has 1 aromatic carbocycles. The molecule has 0 unspecified atom stereocenters. The molecule has 1 aromatic heterocycles. The number of aromatic amines is 1. The molecule has 0 aliphatic rings. The van der Waals surface area contributed by atoms with Crippen molar-refractivity contribution < 1.29 is 13.2 Å². The zero-order valence-electron chi connectivity index (χ0n) is 10.5. The molecule has 7 nitrogen and oxygen atoms in total. The standard InChI is InChI=1S/C11H14N4O3S/c1-15(2)19(17,18)14-13-11(16)9-7-12-10-6-4-3-5-8(9)10/h3-7,12,14H,1-2H3,(H,13,16). The lowest BCUT2D eigenvalue weighted by Crippen LogP contribution is -2.46. The molecular formula is C11H14N4O3S. The van der Waals surface area contributed by atoms with Crippen molar-refractivity contribution in [3.05, 3.63) is 36.0 Å². The van der Waals surface area contributed by atoms with Gasteiger partial charge in [-0.3, -0.25) is 10.2 Å². The van der Waals surface area contributed by atoms with E-state index in [1.54, 1.807) is 12.1 Å². The molecule has 1 heterocycles. The zero-order chi connectivity index (χ0) is 14.0.